The van der Waals surface area contributed by atoms with E-state index in [2.05, 4.69) is 10.6 Å². The summed E-state index contributed by atoms with van der Waals surface area (Å²) in [7, 11) is 1.86. The monoisotopic (exact) mass is 262 g/mol. The number of nitrogens with one attached hydrogen (secondary N) is 2. The van der Waals surface area contributed by atoms with Gasteiger partial charge >= 0.3 is 0 Å². The fourth-order valence-electron chi connectivity index (χ4n) is 1.05. The SMILES string of the molecule is CNC(C)CNC(=O)c1ccc(Cl)cc1.Cl. The van der Waals surface area contributed by atoms with E-state index in [1.54, 1.807) is 24.3 Å². The van der Waals surface area contributed by atoms with Crippen LogP contribution < -0.4 is 10.6 Å². The van der Waals surface area contributed by atoms with Gasteiger partial charge in [0.25, 0.3) is 5.91 Å². The fourth-order valence-corrected chi connectivity index (χ4v) is 1.18. The number of rotatable bonds is 4. The Labute approximate surface area is 107 Å². The van der Waals surface area contributed by atoms with Crippen LogP contribution in [0.1, 0.15) is 17.3 Å². The van der Waals surface area contributed by atoms with Gasteiger partial charge in [-0.3, -0.25) is 4.79 Å². The second-order valence-corrected chi connectivity index (χ2v) is 3.84. The molecule has 0 saturated heterocycles. The van der Waals surface area contributed by atoms with E-state index in [-0.39, 0.29) is 24.4 Å². The Morgan fingerprint density at radius 2 is 1.94 bits per heavy atom. The van der Waals surface area contributed by atoms with Gasteiger partial charge in [-0.2, -0.15) is 0 Å². The molecule has 3 nitrogen and oxygen atoms in total. The lowest BCUT2D eigenvalue weighted by atomic mass is 10.2. The van der Waals surface area contributed by atoms with Crippen LogP contribution in [0, 0.1) is 0 Å². The third-order valence-electron chi connectivity index (χ3n) is 2.17. The van der Waals surface area contributed by atoms with E-state index in [4.69, 9.17) is 11.6 Å². The van der Waals surface area contributed by atoms with Crippen molar-refractivity contribution in [3.63, 3.8) is 0 Å². The standard InChI is InChI=1S/C11H15ClN2O.ClH/c1-8(13-2)7-14-11(15)9-3-5-10(12)6-4-9;/h3-6,8,13H,7H2,1-2H3,(H,14,15);1H. The quantitative estimate of drug-likeness (QED) is 0.873. The summed E-state index contributed by atoms with van der Waals surface area (Å²) >= 11 is 5.72. The van der Waals surface area contributed by atoms with Gasteiger partial charge in [0.15, 0.2) is 0 Å². The zero-order chi connectivity index (χ0) is 11.3. The fraction of sp³-hybridized carbons (Fsp3) is 0.364. The van der Waals surface area contributed by atoms with Gasteiger partial charge in [0, 0.05) is 23.2 Å². The van der Waals surface area contributed by atoms with Crippen molar-refractivity contribution in [2.75, 3.05) is 13.6 Å². The summed E-state index contributed by atoms with van der Waals surface area (Å²) in [6, 6.07) is 7.10. The van der Waals surface area contributed by atoms with E-state index in [0.29, 0.717) is 17.1 Å². The van der Waals surface area contributed by atoms with Crippen LogP contribution in [0.4, 0.5) is 0 Å². The van der Waals surface area contributed by atoms with Crippen LogP contribution in [0.2, 0.25) is 5.02 Å². The van der Waals surface area contributed by atoms with Crippen molar-refractivity contribution in [1.29, 1.82) is 0 Å². The first kappa shape index (κ1) is 15.2. The largest absolute Gasteiger partial charge is 0.350 e. The summed E-state index contributed by atoms with van der Waals surface area (Å²) in [6.07, 6.45) is 0. The number of benzene rings is 1. The lowest BCUT2D eigenvalue weighted by Crippen LogP contribution is -2.37. The molecule has 90 valence electrons. The van der Waals surface area contributed by atoms with Crippen LogP contribution in [0.25, 0.3) is 0 Å². The molecule has 2 N–H and O–H groups in total. The van der Waals surface area contributed by atoms with Crippen LogP contribution in [-0.4, -0.2) is 25.5 Å². The van der Waals surface area contributed by atoms with Crippen molar-refractivity contribution in [2.24, 2.45) is 0 Å². The maximum absolute atomic E-state index is 11.6. The first-order chi connectivity index (χ1) is 7.13. The summed E-state index contributed by atoms with van der Waals surface area (Å²) in [5, 5.41) is 6.50. The van der Waals surface area contributed by atoms with Gasteiger partial charge in [0.05, 0.1) is 0 Å². The van der Waals surface area contributed by atoms with Crippen molar-refractivity contribution >= 4 is 29.9 Å². The summed E-state index contributed by atoms with van der Waals surface area (Å²) in [4.78, 5) is 11.6. The number of likely N-dealkylation sites (N-methyl/N-ethyl adjacent to an activating group) is 1. The van der Waals surface area contributed by atoms with Crippen molar-refractivity contribution < 1.29 is 4.79 Å². The highest BCUT2D eigenvalue weighted by Gasteiger charge is 2.05. The Balaban J connectivity index is 0.00000225. The van der Waals surface area contributed by atoms with Crippen molar-refractivity contribution in [1.82, 2.24) is 10.6 Å². The summed E-state index contributed by atoms with van der Waals surface area (Å²) in [5.74, 6) is -0.0752. The highest BCUT2D eigenvalue weighted by atomic mass is 35.5. The average Bonchev–Trinajstić information content (AvgIpc) is 2.26. The van der Waals surface area contributed by atoms with Gasteiger partial charge in [-0.25, -0.2) is 0 Å². The summed E-state index contributed by atoms with van der Waals surface area (Å²) < 4.78 is 0. The van der Waals surface area contributed by atoms with Gasteiger partial charge in [0.1, 0.15) is 0 Å². The molecule has 1 aromatic rings. The maximum atomic E-state index is 11.6. The molecular formula is C11H16Cl2N2O. The smallest absolute Gasteiger partial charge is 0.251 e. The van der Waals surface area contributed by atoms with E-state index in [1.807, 2.05) is 14.0 Å². The third-order valence-corrected chi connectivity index (χ3v) is 2.42. The lowest BCUT2D eigenvalue weighted by molar-refractivity contribution is 0.0950. The Bertz CT molecular complexity index is 327. The highest BCUT2D eigenvalue weighted by Crippen LogP contribution is 2.09. The number of hydrogen-bond donors (Lipinski definition) is 2. The molecule has 1 amide bonds. The molecule has 1 unspecified atom stereocenters. The molecule has 1 atom stereocenters. The molecule has 0 aromatic heterocycles. The number of hydrogen-bond acceptors (Lipinski definition) is 2. The molecule has 0 aliphatic rings. The predicted molar refractivity (Wildman–Crippen MR) is 69.6 cm³/mol. The maximum Gasteiger partial charge on any atom is 0.251 e. The van der Waals surface area contributed by atoms with Gasteiger partial charge in [-0.15, -0.1) is 12.4 Å². The molecule has 0 fully saturated rings. The van der Waals surface area contributed by atoms with Gasteiger partial charge < -0.3 is 10.6 Å². The Morgan fingerprint density at radius 3 is 2.44 bits per heavy atom. The molecule has 0 heterocycles. The van der Waals surface area contributed by atoms with Crippen LogP contribution in [-0.2, 0) is 0 Å². The minimum Gasteiger partial charge on any atom is -0.350 e. The normalized spacial score (nSPS) is 11.4. The van der Waals surface area contributed by atoms with Crippen LogP contribution in [0.5, 0.6) is 0 Å². The van der Waals surface area contributed by atoms with Crippen LogP contribution in [0.3, 0.4) is 0 Å². The van der Waals surface area contributed by atoms with Crippen molar-refractivity contribution in [3.05, 3.63) is 34.9 Å². The zero-order valence-electron chi connectivity index (χ0n) is 9.29. The Kier molecular flexibility index (Phi) is 7.13. The molecule has 0 aliphatic carbocycles. The molecule has 0 bridgehead atoms. The first-order valence-corrected chi connectivity index (χ1v) is 5.22. The number of halogens is 2. The van der Waals surface area contributed by atoms with E-state index in [0.717, 1.165) is 0 Å². The first-order valence-electron chi connectivity index (χ1n) is 4.84. The van der Waals surface area contributed by atoms with E-state index < -0.39 is 0 Å². The molecule has 5 heteroatoms. The molecule has 1 rings (SSSR count). The molecule has 1 aromatic carbocycles. The van der Waals surface area contributed by atoms with Crippen molar-refractivity contribution in [3.8, 4) is 0 Å². The summed E-state index contributed by atoms with van der Waals surface area (Å²) in [5.41, 5.74) is 0.628. The Morgan fingerprint density at radius 1 is 1.38 bits per heavy atom. The third kappa shape index (κ3) is 4.84. The minimum absolute atomic E-state index is 0. The van der Waals surface area contributed by atoms with Gasteiger partial charge in [0.2, 0.25) is 0 Å². The predicted octanol–water partition coefficient (Wildman–Crippen LogP) is 2.10. The van der Waals surface area contributed by atoms with E-state index in [9.17, 15) is 4.79 Å². The van der Waals surface area contributed by atoms with Crippen LogP contribution in [0.15, 0.2) is 24.3 Å². The second kappa shape index (κ2) is 7.49. The van der Waals surface area contributed by atoms with Gasteiger partial charge in [-0.1, -0.05) is 11.6 Å². The van der Waals surface area contributed by atoms with E-state index >= 15 is 0 Å². The molecule has 0 aliphatic heterocycles. The summed E-state index contributed by atoms with van der Waals surface area (Å²) in [6.45, 7) is 2.61. The molecule has 0 saturated carbocycles. The molecule has 0 spiro atoms. The highest BCUT2D eigenvalue weighted by molar-refractivity contribution is 6.30. The minimum atomic E-state index is -0.0752. The molecule has 16 heavy (non-hydrogen) atoms. The van der Waals surface area contributed by atoms with Crippen LogP contribution >= 0.6 is 24.0 Å². The number of carbonyl (C=O) groups is 1. The topological polar surface area (TPSA) is 41.1 Å². The molecule has 0 radical (unpaired) electrons. The number of carbonyl (C=O) groups excluding carboxylic acids is 1. The average molecular weight is 263 g/mol. The second-order valence-electron chi connectivity index (χ2n) is 3.41. The van der Waals surface area contributed by atoms with Gasteiger partial charge in [-0.05, 0) is 38.2 Å². The van der Waals surface area contributed by atoms with E-state index in [1.165, 1.54) is 0 Å². The van der Waals surface area contributed by atoms with Crippen molar-refractivity contribution in [2.45, 2.75) is 13.0 Å². The zero-order valence-corrected chi connectivity index (χ0v) is 10.9. The number of amides is 1. The molecular weight excluding hydrogens is 247 g/mol. The Hall–Kier alpha value is -0.770. The lowest BCUT2D eigenvalue weighted by Gasteiger charge is -2.11.